The van der Waals surface area contributed by atoms with Crippen LogP contribution in [0.15, 0.2) is 12.1 Å². The van der Waals surface area contributed by atoms with Gasteiger partial charge in [0.1, 0.15) is 17.7 Å². The highest BCUT2D eigenvalue weighted by molar-refractivity contribution is 6.32. The van der Waals surface area contributed by atoms with Crippen molar-refractivity contribution >= 4 is 17.5 Å². The summed E-state index contributed by atoms with van der Waals surface area (Å²) < 4.78 is 26.0. The van der Waals surface area contributed by atoms with Crippen LogP contribution in [0.4, 0.5) is 4.39 Å². The largest absolute Gasteiger partial charge is 0.488 e. The topological polar surface area (TPSA) is 61.6 Å². The number of ether oxygens (including phenoxy) is 2. The SMILES string of the molecule is COC12CC3CC(C1)C(Oc1cc(F)c(C(N)=O)cc1Cl)C(C3)C2. The van der Waals surface area contributed by atoms with Crippen LogP contribution in [0.3, 0.4) is 0 Å². The number of hydrogen-bond donors (Lipinski definition) is 1. The molecule has 2 unspecified atom stereocenters. The lowest BCUT2D eigenvalue weighted by molar-refractivity contribution is -0.182. The molecule has 0 radical (unpaired) electrons. The predicted molar refractivity (Wildman–Crippen MR) is 87.6 cm³/mol. The van der Waals surface area contributed by atoms with Crippen molar-refractivity contribution in [2.24, 2.45) is 23.5 Å². The third-order valence-electron chi connectivity index (χ3n) is 6.11. The Bertz CT molecular complexity index is 679. The summed E-state index contributed by atoms with van der Waals surface area (Å²) in [7, 11) is 1.80. The number of carbonyl (C=O) groups is 1. The zero-order chi connectivity index (χ0) is 17.1. The molecule has 0 spiro atoms. The fraction of sp³-hybridized carbons (Fsp3) is 0.611. The quantitative estimate of drug-likeness (QED) is 0.900. The maximum Gasteiger partial charge on any atom is 0.251 e. The second kappa shape index (κ2) is 5.60. The van der Waals surface area contributed by atoms with E-state index in [1.165, 1.54) is 12.1 Å². The van der Waals surface area contributed by atoms with E-state index in [1.54, 1.807) is 7.11 Å². The average molecular weight is 354 g/mol. The number of hydrogen-bond acceptors (Lipinski definition) is 3. The van der Waals surface area contributed by atoms with Gasteiger partial charge in [0.2, 0.25) is 0 Å². The monoisotopic (exact) mass is 353 g/mol. The second-order valence-corrected chi connectivity index (χ2v) is 7.97. The number of methoxy groups -OCH3 is 1. The Morgan fingerprint density at radius 2 is 1.96 bits per heavy atom. The molecule has 2 N–H and O–H groups in total. The van der Waals surface area contributed by atoms with E-state index in [-0.39, 0.29) is 22.3 Å². The van der Waals surface area contributed by atoms with E-state index >= 15 is 0 Å². The van der Waals surface area contributed by atoms with Crippen LogP contribution in [0.5, 0.6) is 5.75 Å². The standard InChI is InChI=1S/C18H21ClFNO3/c1-23-18-6-9-2-10(7-18)16(11(3-9)8-18)24-15-5-14(20)12(17(21)22)4-13(15)19/h4-5,9-11,16H,2-3,6-8H2,1H3,(H2,21,22). The van der Waals surface area contributed by atoms with Crippen LogP contribution in [-0.2, 0) is 4.74 Å². The molecular weight excluding hydrogens is 333 g/mol. The first kappa shape index (κ1) is 16.2. The van der Waals surface area contributed by atoms with E-state index in [1.807, 2.05) is 0 Å². The molecule has 2 atom stereocenters. The Morgan fingerprint density at radius 1 is 1.29 bits per heavy atom. The zero-order valence-corrected chi connectivity index (χ0v) is 14.3. The third-order valence-corrected chi connectivity index (χ3v) is 6.41. The molecule has 4 aliphatic carbocycles. The molecule has 4 saturated carbocycles. The molecule has 6 heteroatoms. The number of benzene rings is 1. The van der Waals surface area contributed by atoms with Gasteiger partial charge in [-0.15, -0.1) is 0 Å². The van der Waals surface area contributed by atoms with Gasteiger partial charge in [0.25, 0.3) is 5.91 Å². The maximum atomic E-state index is 14.1. The highest BCUT2D eigenvalue weighted by atomic mass is 35.5. The van der Waals surface area contributed by atoms with Crippen molar-refractivity contribution in [3.8, 4) is 5.75 Å². The van der Waals surface area contributed by atoms with Crippen LogP contribution in [0.25, 0.3) is 0 Å². The lowest BCUT2D eigenvalue weighted by atomic mass is 9.53. The minimum atomic E-state index is -0.836. The van der Waals surface area contributed by atoms with E-state index in [0.29, 0.717) is 23.5 Å². The Labute approximate surface area is 145 Å². The molecule has 4 fully saturated rings. The van der Waals surface area contributed by atoms with Crippen LogP contribution >= 0.6 is 11.6 Å². The zero-order valence-electron chi connectivity index (χ0n) is 13.6. The van der Waals surface area contributed by atoms with E-state index in [2.05, 4.69) is 0 Å². The van der Waals surface area contributed by atoms with E-state index in [0.717, 1.165) is 32.1 Å². The molecule has 4 nitrogen and oxygen atoms in total. The highest BCUT2D eigenvalue weighted by Crippen LogP contribution is 2.57. The van der Waals surface area contributed by atoms with Gasteiger partial charge in [-0.3, -0.25) is 4.79 Å². The van der Waals surface area contributed by atoms with Crippen molar-refractivity contribution in [3.63, 3.8) is 0 Å². The molecule has 1 aromatic carbocycles. The van der Waals surface area contributed by atoms with Crippen LogP contribution in [-0.4, -0.2) is 24.7 Å². The molecule has 1 amide bonds. The molecule has 1 aromatic rings. The van der Waals surface area contributed by atoms with Crippen LogP contribution in [0.2, 0.25) is 5.02 Å². The summed E-state index contributed by atoms with van der Waals surface area (Å²) in [6.45, 7) is 0. The number of halogens is 2. The van der Waals surface area contributed by atoms with E-state index in [9.17, 15) is 9.18 Å². The van der Waals surface area contributed by atoms with Crippen molar-refractivity contribution in [1.29, 1.82) is 0 Å². The van der Waals surface area contributed by atoms with Gasteiger partial charge in [-0.25, -0.2) is 4.39 Å². The van der Waals surface area contributed by atoms with Gasteiger partial charge < -0.3 is 15.2 Å². The summed E-state index contributed by atoms with van der Waals surface area (Å²) in [5.74, 6) is 0.281. The number of primary amides is 1. The van der Waals surface area contributed by atoms with Crippen molar-refractivity contribution in [1.82, 2.24) is 0 Å². The minimum Gasteiger partial charge on any atom is -0.488 e. The fourth-order valence-corrected chi connectivity index (χ4v) is 5.51. The molecule has 0 aromatic heterocycles. The van der Waals surface area contributed by atoms with Gasteiger partial charge >= 0.3 is 0 Å². The highest BCUT2D eigenvalue weighted by Gasteiger charge is 2.56. The molecular formula is C18H21ClFNO3. The van der Waals surface area contributed by atoms with Crippen LogP contribution < -0.4 is 10.5 Å². The summed E-state index contributed by atoms with van der Waals surface area (Å²) in [6.07, 6.45) is 5.41. The summed E-state index contributed by atoms with van der Waals surface area (Å²) in [6, 6.07) is 2.43. The summed E-state index contributed by atoms with van der Waals surface area (Å²) in [4.78, 5) is 11.2. The Hall–Kier alpha value is -1.33. The first-order valence-electron chi connectivity index (χ1n) is 8.41. The van der Waals surface area contributed by atoms with Crippen molar-refractivity contribution in [3.05, 3.63) is 28.5 Å². The molecule has 0 saturated heterocycles. The van der Waals surface area contributed by atoms with Gasteiger partial charge in [0.15, 0.2) is 0 Å². The van der Waals surface area contributed by atoms with Crippen molar-refractivity contribution in [2.75, 3.05) is 7.11 Å². The minimum absolute atomic E-state index is 0.00122. The van der Waals surface area contributed by atoms with Crippen molar-refractivity contribution in [2.45, 2.75) is 43.8 Å². The molecule has 0 aliphatic heterocycles. The van der Waals surface area contributed by atoms with E-state index in [4.69, 9.17) is 26.8 Å². The third kappa shape index (κ3) is 2.49. The van der Waals surface area contributed by atoms with Gasteiger partial charge in [-0.05, 0) is 55.9 Å². The Morgan fingerprint density at radius 3 is 2.54 bits per heavy atom. The van der Waals surface area contributed by atoms with E-state index < -0.39 is 11.7 Å². The molecule has 5 rings (SSSR count). The number of carbonyl (C=O) groups excluding carboxylic acids is 1. The first-order valence-corrected chi connectivity index (χ1v) is 8.79. The van der Waals surface area contributed by atoms with Crippen LogP contribution in [0.1, 0.15) is 42.5 Å². The Balaban J connectivity index is 1.59. The lowest BCUT2D eigenvalue weighted by Gasteiger charge is -2.58. The normalized spacial score (nSPS) is 36.8. The fourth-order valence-electron chi connectivity index (χ4n) is 5.30. The van der Waals surface area contributed by atoms with Gasteiger partial charge in [-0.1, -0.05) is 11.6 Å². The molecule has 4 aliphatic rings. The van der Waals surface area contributed by atoms with Crippen LogP contribution in [0, 0.1) is 23.6 Å². The average Bonchev–Trinajstić information content (AvgIpc) is 2.52. The van der Waals surface area contributed by atoms with Gasteiger partial charge in [-0.2, -0.15) is 0 Å². The molecule has 24 heavy (non-hydrogen) atoms. The first-order chi connectivity index (χ1) is 11.4. The Kier molecular flexibility index (Phi) is 3.77. The number of amides is 1. The maximum absolute atomic E-state index is 14.1. The smallest absolute Gasteiger partial charge is 0.251 e. The summed E-state index contributed by atoms with van der Waals surface area (Å²) in [5, 5.41) is 0.223. The molecule has 4 bridgehead atoms. The second-order valence-electron chi connectivity index (χ2n) is 7.57. The van der Waals surface area contributed by atoms with Gasteiger partial charge in [0, 0.05) is 13.2 Å². The van der Waals surface area contributed by atoms with Gasteiger partial charge in [0.05, 0.1) is 16.2 Å². The summed E-state index contributed by atoms with van der Waals surface area (Å²) in [5.41, 5.74) is 4.94. The molecule has 0 heterocycles. The number of nitrogens with two attached hydrogens (primary N) is 1. The summed E-state index contributed by atoms with van der Waals surface area (Å²) >= 11 is 6.19. The van der Waals surface area contributed by atoms with Crippen molar-refractivity contribution < 1.29 is 18.7 Å². The predicted octanol–water partition coefficient (Wildman–Crippen LogP) is 3.55. The molecule has 130 valence electrons. The lowest BCUT2D eigenvalue weighted by Crippen LogP contribution is -2.59. The number of rotatable bonds is 4.